The molecule has 2 fully saturated rings. The number of nitrogens with one attached hydrogen (secondary N) is 2. The molecule has 0 spiro atoms. The molecule has 1 atom stereocenters. The van der Waals surface area contributed by atoms with Gasteiger partial charge in [-0.25, -0.2) is 4.79 Å². The molecule has 1 aliphatic heterocycles. The fourth-order valence-corrected chi connectivity index (χ4v) is 3.79. The molecule has 3 rings (SSSR count). The summed E-state index contributed by atoms with van der Waals surface area (Å²) in [4.78, 5) is 47.3. The van der Waals surface area contributed by atoms with E-state index in [0.29, 0.717) is 30.7 Å². The van der Waals surface area contributed by atoms with Gasteiger partial charge in [0, 0.05) is 12.0 Å². The number of aliphatic carboxylic acids is 1. The summed E-state index contributed by atoms with van der Waals surface area (Å²) in [7, 11) is 0. The normalized spacial score (nSPS) is 27.9. The lowest BCUT2D eigenvalue weighted by Crippen LogP contribution is -2.56. The van der Waals surface area contributed by atoms with Crippen LogP contribution >= 0.6 is 0 Å². The Bertz CT molecular complexity index is 763. The van der Waals surface area contributed by atoms with E-state index >= 15 is 0 Å². The first-order chi connectivity index (χ1) is 12.8. The smallest absolute Gasteiger partial charge is 0.329 e. The highest BCUT2D eigenvalue weighted by Crippen LogP contribution is 2.32. The van der Waals surface area contributed by atoms with Gasteiger partial charge in [-0.2, -0.15) is 0 Å². The summed E-state index contributed by atoms with van der Waals surface area (Å²) in [6, 6.07) is 6.73. The molecular weight excluding hydrogens is 348 g/mol. The largest absolute Gasteiger partial charge is 0.480 e. The van der Waals surface area contributed by atoms with E-state index in [9.17, 15) is 24.3 Å². The first kappa shape index (κ1) is 19.1. The molecule has 1 saturated carbocycles. The monoisotopic (exact) mass is 372 g/mol. The lowest BCUT2D eigenvalue weighted by atomic mass is 9.77. The van der Waals surface area contributed by atoms with E-state index in [1.54, 1.807) is 24.3 Å². The summed E-state index contributed by atoms with van der Waals surface area (Å²) >= 11 is 0. The van der Waals surface area contributed by atoms with E-state index < -0.39 is 17.4 Å². The number of carbonyl (C=O) groups excluding carboxylic acids is 3. The van der Waals surface area contributed by atoms with Gasteiger partial charge in [-0.3, -0.25) is 19.7 Å². The second-order valence-corrected chi connectivity index (χ2v) is 7.74. The van der Waals surface area contributed by atoms with Gasteiger partial charge in [0.2, 0.25) is 11.8 Å². The molecule has 1 aliphatic carbocycles. The molecule has 7 heteroatoms. The summed E-state index contributed by atoms with van der Waals surface area (Å²) in [6.07, 6.45) is 3.01. The molecule has 1 unspecified atom stereocenters. The third kappa shape index (κ3) is 4.18. The van der Waals surface area contributed by atoms with E-state index in [0.717, 1.165) is 18.4 Å². The fraction of sp³-hybridized carbons (Fsp3) is 0.500. The third-order valence-corrected chi connectivity index (χ3v) is 5.65. The summed E-state index contributed by atoms with van der Waals surface area (Å²) in [5.41, 5.74) is 0.0238. The van der Waals surface area contributed by atoms with Crippen LogP contribution in [-0.4, -0.2) is 34.3 Å². The highest BCUT2D eigenvalue weighted by molar-refractivity contribution is 6.03. The molecule has 1 aromatic rings. The molecule has 3 amide bonds. The van der Waals surface area contributed by atoms with Gasteiger partial charge in [-0.15, -0.1) is 0 Å². The summed E-state index contributed by atoms with van der Waals surface area (Å²) in [5.74, 6) is -1.84. The zero-order valence-electron chi connectivity index (χ0n) is 15.3. The highest BCUT2D eigenvalue weighted by atomic mass is 16.4. The van der Waals surface area contributed by atoms with Crippen LogP contribution in [-0.2, 0) is 20.8 Å². The number of amides is 3. The molecular formula is C20H24N2O5. The maximum atomic E-state index is 12.6. The van der Waals surface area contributed by atoms with Crippen molar-refractivity contribution in [2.75, 3.05) is 0 Å². The summed E-state index contributed by atoms with van der Waals surface area (Å²) in [6.45, 7) is 2.09. The number of benzene rings is 1. The van der Waals surface area contributed by atoms with Crippen LogP contribution in [0.5, 0.6) is 0 Å². The first-order valence-corrected chi connectivity index (χ1v) is 9.27. The molecule has 0 bridgehead atoms. The number of rotatable bonds is 5. The van der Waals surface area contributed by atoms with Crippen molar-refractivity contribution in [2.24, 2.45) is 11.8 Å². The number of hydrogen-bond acceptors (Lipinski definition) is 4. The van der Waals surface area contributed by atoms with Crippen LogP contribution in [0.1, 0.15) is 54.9 Å². The van der Waals surface area contributed by atoms with Crippen molar-refractivity contribution in [2.45, 2.75) is 51.0 Å². The molecule has 3 N–H and O–H groups in total. The Morgan fingerprint density at radius 3 is 2.33 bits per heavy atom. The van der Waals surface area contributed by atoms with Crippen LogP contribution in [0.4, 0.5) is 0 Å². The maximum absolute atomic E-state index is 12.6. The maximum Gasteiger partial charge on any atom is 0.329 e. The molecule has 1 saturated heterocycles. The van der Waals surface area contributed by atoms with Crippen LogP contribution in [0.15, 0.2) is 24.3 Å². The molecule has 0 radical (unpaired) electrons. The average molecular weight is 372 g/mol. The Morgan fingerprint density at radius 2 is 1.81 bits per heavy atom. The van der Waals surface area contributed by atoms with Gasteiger partial charge in [-0.05, 0) is 55.7 Å². The lowest BCUT2D eigenvalue weighted by Gasteiger charge is -2.36. The van der Waals surface area contributed by atoms with Crippen LogP contribution in [0, 0.1) is 11.8 Å². The molecule has 144 valence electrons. The van der Waals surface area contributed by atoms with Crippen LogP contribution in [0.3, 0.4) is 0 Å². The highest BCUT2D eigenvalue weighted by Gasteiger charge is 2.42. The topological polar surface area (TPSA) is 113 Å². The lowest BCUT2D eigenvalue weighted by molar-refractivity contribution is -0.146. The van der Waals surface area contributed by atoms with Gasteiger partial charge in [0.15, 0.2) is 0 Å². The standard InChI is InChI=1S/C20H24N2O5/c1-12-6-8-20(9-7-12,19(26)27)22-18(25)14-4-2-13(3-5-14)10-15-11-16(23)21-17(15)24/h2-5,12,15H,6-11H2,1H3,(H,22,25)(H,26,27)(H,21,23,24). The van der Waals surface area contributed by atoms with Crippen molar-refractivity contribution in [3.05, 3.63) is 35.4 Å². The quantitative estimate of drug-likeness (QED) is 0.681. The van der Waals surface area contributed by atoms with E-state index in [1.807, 2.05) is 0 Å². The molecule has 1 heterocycles. The van der Waals surface area contributed by atoms with Gasteiger partial charge in [0.1, 0.15) is 5.54 Å². The van der Waals surface area contributed by atoms with Crippen LogP contribution in [0.2, 0.25) is 0 Å². The van der Waals surface area contributed by atoms with Crippen LogP contribution < -0.4 is 10.6 Å². The third-order valence-electron chi connectivity index (χ3n) is 5.65. The van der Waals surface area contributed by atoms with Gasteiger partial charge >= 0.3 is 5.97 Å². The Kier molecular flexibility index (Phi) is 5.30. The Hall–Kier alpha value is -2.70. The SMILES string of the molecule is CC1CCC(NC(=O)c2ccc(CC3CC(=O)NC3=O)cc2)(C(=O)O)CC1. The van der Waals surface area contributed by atoms with E-state index in [-0.39, 0.29) is 24.2 Å². The predicted molar refractivity (Wildman–Crippen MR) is 96.9 cm³/mol. The molecule has 7 nitrogen and oxygen atoms in total. The number of carboxylic acids is 1. The minimum absolute atomic E-state index is 0.181. The van der Waals surface area contributed by atoms with Crippen molar-refractivity contribution in [1.29, 1.82) is 0 Å². The number of carboxylic acid groups (broad SMARTS) is 1. The molecule has 2 aliphatic rings. The second kappa shape index (κ2) is 7.50. The van der Waals surface area contributed by atoms with E-state index in [2.05, 4.69) is 17.6 Å². The summed E-state index contributed by atoms with van der Waals surface area (Å²) < 4.78 is 0. The minimum atomic E-state index is -1.20. The predicted octanol–water partition coefficient (Wildman–Crippen LogP) is 1.66. The Balaban J connectivity index is 1.65. The molecule has 0 aromatic heterocycles. The minimum Gasteiger partial charge on any atom is -0.480 e. The second-order valence-electron chi connectivity index (χ2n) is 7.74. The number of imide groups is 1. The summed E-state index contributed by atoms with van der Waals surface area (Å²) in [5, 5.41) is 14.6. The van der Waals surface area contributed by atoms with Gasteiger partial charge in [-0.1, -0.05) is 19.1 Å². The van der Waals surface area contributed by atoms with Crippen molar-refractivity contribution >= 4 is 23.7 Å². The molecule has 27 heavy (non-hydrogen) atoms. The van der Waals surface area contributed by atoms with Gasteiger partial charge in [0.05, 0.1) is 5.92 Å². The Morgan fingerprint density at radius 1 is 1.19 bits per heavy atom. The number of carbonyl (C=O) groups is 4. The fourth-order valence-electron chi connectivity index (χ4n) is 3.79. The van der Waals surface area contributed by atoms with Crippen LogP contribution in [0.25, 0.3) is 0 Å². The zero-order chi connectivity index (χ0) is 19.6. The van der Waals surface area contributed by atoms with Gasteiger partial charge in [0.25, 0.3) is 5.91 Å². The average Bonchev–Trinajstić information content (AvgIpc) is 2.94. The van der Waals surface area contributed by atoms with Crippen molar-refractivity contribution in [1.82, 2.24) is 10.6 Å². The zero-order valence-corrected chi connectivity index (χ0v) is 15.3. The molecule has 1 aromatic carbocycles. The van der Waals surface area contributed by atoms with E-state index in [4.69, 9.17) is 0 Å². The van der Waals surface area contributed by atoms with E-state index in [1.165, 1.54) is 0 Å². The van der Waals surface area contributed by atoms with Crippen molar-refractivity contribution in [3.63, 3.8) is 0 Å². The van der Waals surface area contributed by atoms with Crippen molar-refractivity contribution in [3.8, 4) is 0 Å². The van der Waals surface area contributed by atoms with Crippen molar-refractivity contribution < 1.29 is 24.3 Å². The van der Waals surface area contributed by atoms with Gasteiger partial charge < -0.3 is 10.4 Å². The first-order valence-electron chi connectivity index (χ1n) is 9.27. The Labute approximate surface area is 157 Å². The number of hydrogen-bond donors (Lipinski definition) is 3.